The molecule has 146 valence electrons. The molecule has 0 bridgehead atoms. The molecule has 0 spiro atoms. The van der Waals surface area contributed by atoms with Crippen molar-refractivity contribution in [3.8, 4) is 0 Å². The molecule has 2 aromatic rings. The number of rotatable bonds is 7. The summed E-state index contributed by atoms with van der Waals surface area (Å²) in [6.45, 7) is 3.96. The van der Waals surface area contributed by atoms with Crippen molar-refractivity contribution in [2.24, 2.45) is 0 Å². The summed E-state index contributed by atoms with van der Waals surface area (Å²) in [4.78, 5) is 27.2. The van der Waals surface area contributed by atoms with E-state index in [0.717, 1.165) is 17.5 Å². The average Bonchev–Trinajstić information content (AvgIpc) is 2.73. The zero-order valence-electron chi connectivity index (χ0n) is 16.1. The van der Waals surface area contributed by atoms with Gasteiger partial charge in [0.15, 0.2) is 4.32 Å². The van der Waals surface area contributed by atoms with E-state index in [4.69, 9.17) is 4.74 Å². The largest absolute Gasteiger partial charge is 0.465 e. The standard InChI is InChI=1S/C23H24BrNO3/c1-3-5-16-22(24)21(27)25(17-20(26)28-4-2)23(22,18-12-8-6-9-13-18)19-14-10-7-11-15-19/h5-16H,3-4,17H2,1-2H3/b16-5+/t22-/m0/s1. The molecular formula is C23H24BrNO3. The Morgan fingerprint density at radius 1 is 1.04 bits per heavy atom. The first kappa shape index (κ1) is 20.3. The Kier molecular flexibility index (Phi) is 6.04. The maximum Gasteiger partial charge on any atom is 0.325 e. The van der Waals surface area contributed by atoms with E-state index in [-0.39, 0.29) is 19.1 Å². The van der Waals surface area contributed by atoms with Gasteiger partial charge in [0.05, 0.1) is 6.61 Å². The summed E-state index contributed by atoms with van der Waals surface area (Å²) in [5.41, 5.74) is 1.01. The van der Waals surface area contributed by atoms with Crippen molar-refractivity contribution in [2.45, 2.75) is 30.1 Å². The Bertz CT molecular complexity index is 826. The number of β-lactam (4-membered cyclic amide) rings is 1. The number of halogens is 1. The predicted molar refractivity (Wildman–Crippen MR) is 113 cm³/mol. The van der Waals surface area contributed by atoms with Crippen molar-refractivity contribution in [3.63, 3.8) is 0 Å². The molecule has 1 fully saturated rings. The lowest BCUT2D eigenvalue weighted by atomic mass is 9.64. The first-order chi connectivity index (χ1) is 13.5. The number of alkyl halides is 1. The fraction of sp³-hybridized carbons (Fsp3) is 0.304. The summed E-state index contributed by atoms with van der Waals surface area (Å²) in [6.07, 6.45) is 4.70. The number of amides is 1. The Hall–Kier alpha value is -2.40. The van der Waals surface area contributed by atoms with Crippen LogP contribution in [0.5, 0.6) is 0 Å². The molecule has 0 aromatic heterocycles. The fourth-order valence-electron chi connectivity index (χ4n) is 3.90. The molecule has 0 aliphatic carbocycles. The lowest BCUT2D eigenvalue weighted by Crippen LogP contribution is -2.77. The lowest BCUT2D eigenvalue weighted by molar-refractivity contribution is -0.166. The van der Waals surface area contributed by atoms with Gasteiger partial charge in [0.1, 0.15) is 12.1 Å². The summed E-state index contributed by atoms with van der Waals surface area (Å²) in [5, 5.41) is 0. The van der Waals surface area contributed by atoms with Crippen LogP contribution in [0.2, 0.25) is 0 Å². The van der Waals surface area contributed by atoms with Gasteiger partial charge in [-0.15, -0.1) is 0 Å². The minimum absolute atomic E-state index is 0.107. The second-order valence-electron chi connectivity index (χ2n) is 6.66. The van der Waals surface area contributed by atoms with Crippen LogP contribution in [0.25, 0.3) is 0 Å². The maximum absolute atomic E-state index is 13.3. The minimum atomic E-state index is -0.981. The summed E-state index contributed by atoms with van der Waals surface area (Å²) < 4.78 is 4.16. The van der Waals surface area contributed by atoms with E-state index < -0.39 is 15.8 Å². The van der Waals surface area contributed by atoms with E-state index in [1.165, 1.54) is 0 Å². The Labute approximate surface area is 174 Å². The van der Waals surface area contributed by atoms with Gasteiger partial charge in [0, 0.05) is 0 Å². The van der Waals surface area contributed by atoms with Gasteiger partial charge in [-0.2, -0.15) is 0 Å². The van der Waals surface area contributed by atoms with Crippen LogP contribution in [-0.4, -0.2) is 34.3 Å². The van der Waals surface area contributed by atoms with Gasteiger partial charge in [-0.3, -0.25) is 9.59 Å². The van der Waals surface area contributed by atoms with E-state index in [1.807, 2.05) is 79.7 Å². The van der Waals surface area contributed by atoms with Crippen LogP contribution >= 0.6 is 15.9 Å². The highest BCUT2D eigenvalue weighted by Gasteiger charge is 2.70. The third-order valence-electron chi connectivity index (χ3n) is 5.05. The molecular weight excluding hydrogens is 418 g/mol. The van der Waals surface area contributed by atoms with Crippen LogP contribution in [0.1, 0.15) is 31.4 Å². The van der Waals surface area contributed by atoms with Crippen molar-refractivity contribution in [2.75, 3.05) is 13.2 Å². The van der Waals surface area contributed by atoms with Gasteiger partial charge in [-0.05, 0) is 24.5 Å². The normalized spacial score (nSPS) is 20.8. The molecule has 3 rings (SSSR count). The number of hydrogen-bond acceptors (Lipinski definition) is 3. The zero-order chi connectivity index (χ0) is 20.2. The maximum atomic E-state index is 13.3. The van der Waals surface area contributed by atoms with Crippen LogP contribution in [0, 0.1) is 0 Å². The summed E-state index contributed by atoms with van der Waals surface area (Å²) >= 11 is 3.77. The van der Waals surface area contributed by atoms with E-state index in [2.05, 4.69) is 15.9 Å². The van der Waals surface area contributed by atoms with E-state index >= 15 is 0 Å². The summed E-state index contributed by atoms with van der Waals surface area (Å²) in [7, 11) is 0. The van der Waals surface area contributed by atoms with Crippen molar-refractivity contribution in [1.82, 2.24) is 4.90 Å². The molecule has 28 heavy (non-hydrogen) atoms. The van der Waals surface area contributed by atoms with E-state index in [9.17, 15) is 9.59 Å². The van der Waals surface area contributed by atoms with Crippen LogP contribution in [0.15, 0.2) is 72.8 Å². The summed E-state index contributed by atoms with van der Waals surface area (Å²) in [6, 6.07) is 19.6. The summed E-state index contributed by atoms with van der Waals surface area (Å²) in [5.74, 6) is -0.570. The number of carbonyl (C=O) groups excluding carboxylic acids is 2. The smallest absolute Gasteiger partial charge is 0.325 e. The molecule has 5 heteroatoms. The number of ether oxygens (including phenoxy) is 1. The number of allylic oxidation sites excluding steroid dienone is 1. The van der Waals surface area contributed by atoms with E-state index in [0.29, 0.717) is 0 Å². The highest BCUT2D eigenvalue weighted by molar-refractivity contribution is 9.10. The topological polar surface area (TPSA) is 46.6 Å². The first-order valence-corrected chi connectivity index (χ1v) is 10.3. The molecule has 1 atom stereocenters. The second-order valence-corrected chi connectivity index (χ2v) is 7.91. The van der Waals surface area contributed by atoms with Crippen LogP contribution < -0.4 is 0 Å². The molecule has 0 unspecified atom stereocenters. The molecule has 1 saturated heterocycles. The molecule has 4 nitrogen and oxygen atoms in total. The third kappa shape index (κ3) is 3.08. The SMILES string of the molecule is CC/C=C/[C@]1(Br)C(=O)N(CC(=O)OCC)C1(c1ccccc1)c1ccccc1. The Morgan fingerprint density at radius 3 is 2.04 bits per heavy atom. The van der Waals surface area contributed by atoms with Crippen molar-refractivity contribution in [3.05, 3.63) is 83.9 Å². The van der Waals surface area contributed by atoms with Gasteiger partial charge >= 0.3 is 5.97 Å². The number of benzene rings is 2. The van der Waals surface area contributed by atoms with E-state index in [1.54, 1.807) is 11.8 Å². The molecule has 1 aliphatic heterocycles. The van der Waals surface area contributed by atoms with Gasteiger partial charge < -0.3 is 9.64 Å². The number of hydrogen-bond donors (Lipinski definition) is 0. The number of carbonyl (C=O) groups is 2. The number of esters is 1. The van der Waals surface area contributed by atoms with Gasteiger partial charge in [0.25, 0.3) is 0 Å². The Balaban J connectivity index is 2.24. The van der Waals surface area contributed by atoms with Gasteiger partial charge in [-0.1, -0.05) is 95.7 Å². The third-order valence-corrected chi connectivity index (χ3v) is 6.22. The van der Waals surface area contributed by atoms with Gasteiger partial charge in [0.2, 0.25) is 5.91 Å². The molecule has 0 radical (unpaired) electrons. The highest BCUT2D eigenvalue weighted by Crippen LogP contribution is 2.58. The predicted octanol–water partition coefficient (Wildman–Crippen LogP) is 4.44. The van der Waals surface area contributed by atoms with Crippen LogP contribution in [-0.2, 0) is 19.9 Å². The van der Waals surface area contributed by atoms with Gasteiger partial charge in [-0.25, -0.2) is 0 Å². The highest BCUT2D eigenvalue weighted by atomic mass is 79.9. The Morgan fingerprint density at radius 2 is 1.57 bits per heavy atom. The fourth-order valence-corrected chi connectivity index (χ4v) is 4.98. The van der Waals surface area contributed by atoms with Crippen molar-refractivity contribution < 1.29 is 14.3 Å². The second kappa shape index (κ2) is 8.31. The molecule has 0 saturated carbocycles. The monoisotopic (exact) mass is 441 g/mol. The molecule has 1 heterocycles. The average molecular weight is 442 g/mol. The zero-order valence-corrected chi connectivity index (χ0v) is 17.7. The molecule has 1 amide bonds. The quantitative estimate of drug-likeness (QED) is 0.276. The number of likely N-dealkylation sites (tertiary alicyclic amines) is 1. The molecule has 1 aliphatic rings. The van der Waals surface area contributed by atoms with Crippen molar-refractivity contribution >= 4 is 27.8 Å². The molecule has 0 N–H and O–H groups in total. The van der Waals surface area contributed by atoms with Crippen LogP contribution in [0.3, 0.4) is 0 Å². The van der Waals surface area contributed by atoms with Crippen LogP contribution in [0.4, 0.5) is 0 Å². The molecule has 2 aromatic carbocycles. The number of nitrogens with zero attached hydrogens (tertiary/aromatic N) is 1. The minimum Gasteiger partial charge on any atom is -0.465 e. The van der Waals surface area contributed by atoms with Crippen molar-refractivity contribution in [1.29, 1.82) is 0 Å². The first-order valence-electron chi connectivity index (χ1n) is 9.47. The lowest BCUT2D eigenvalue weighted by Gasteiger charge is -2.61.